The van der Waals surface area contributed by atoms with Crippen molar-refractivity contribution in [2.45, 2.75) is 13.8 Å². The molecule has 2 amide bonds. The van der Waals surface area contributed by atoms with Crippen LogP contribution < -0.4 is 29.9 Å². The lowest BCUT2D eigenvalue weighted by Gasteiger charge is -2.21. The normalized spacial score (nSPS) is 12.0. The first-order valence-electron chi connectivity index (χ1n) is 9.98. The largest absolute Gasteiger partial charge is 0.496 e. The van der Waals surface area contributed by atoms with Gasteiger partial charge >= 0.3 is 0 Å². The second-order valence-electron chi connectivity index (χ2n) is 6.64. The molecule has 0 atom stereocenters. The highest BCUT2D eigenvalue weighted by molar-refractivity contribution is 5.97. The maximum atomic E-state index is 12.2. The number of ether oxygens (including phenoxy) is 3. The van der Waals surface area contributed by atoms with Gasteiger partial charge in [0.1, 0.15) is 5.75 Å². The zero-order valence-electron chi connectivity index (χ0n) is 17.8. The number of rotatable bonds is 9. The van der Waals surface area contributed by atoms with Crippen LogP contribution in [0, 0.1) is 0 Å². The molecule has 0 aromatic heterocycles. The van der Waals surface area contributed by atoms with Gasteiger partial charge in [-0.3, -0.25) is 9.59 Å². The van der Waals surface area contributed by atoms with Crippen LogP contribution >= 0.6 is 0 Å². The van der Waals surface area contributed by atoms with Crippen molar-refractivity contribution >= 4 is 23.7 Å². The molecular formula is C22H26N4O5. The van der Waals surface area contributed by atoms with E-state index in [1.807, 2.05) is 18.2 Å². The summed E-state index contributed by atoms with van der Waals surface area (Å²) in [7, 11) is 1.59. The van der Waals surface area contributed by atoms with E-state index in [9.17, 15) is 9.59 Å². The minimum absolute atomic E-state index is 0.129. The molecule has 0 bridgehead atoms. The third-order valence-corrected chi connectivity index (χ3v) is 4.78. The molecule has 0 saturated heterocycles. The van der Waals surface area contributed by atoms with Crippen LogP contribution in [0.1, 0.15) is 29.8 Å². The van der Waals surface area contributed by atoms with Crippen molar-refractivity contribution in [3.05, 3.63) is 47.5 Å². The van der Waals surface area contributed by atoms with Gasteiger partial charge in [-0.25, -0.2) is 5.43 Å². The number of amides is 2. The van der Waals surface area contributed by atoms with Gasteiger partial charge in [0.2, 0.25) is 6.79 Å². The third-order valence-electron chi connectivity index (χ3n) is 4.78. The first kappa shape index (κ1) is 21.9. The number of benzene rings is 2. The summed E-state index contributed by atoms with van der Waals surface area (Å²) in [5.41, 5.74) is 4.54. The number of hydrogen-bond acceptors (Lipinski definition) is 7. The van der Waals surface area contributed by atoms with Crippen molar-refractivity contribution in [3.63, 3.8) is 0 Å². The Morgan fingerprint density at radius 3 is 2.65 bits per heavy atom. The molecule has 9 heteroatoms. The number of carbonyl (C=O) groups excluding carboxylic acids is 2. The average Bonchev–Trinajstić information content (AvgIpc) is 3.26. The SMILES string of the molecule is CCN(CC)c1ccc(/C=N/NC(=O)CNC(=O)c2ccc3c(c2)OCO3)c(OC)c1. The Hall–Kier alpha value is -3.75. The lowest BCUT2D eigenvalue weighted by atomic mass is 10.2. The molecule has 164 valence electrons. The molecule has 0 radical (unpaired) electrons. The molecule has 0 saturated carbocycles. The Balaban J connectivity index is 1.52. The van der Waals surface area contributed by atoms with E-state index in [0.717, 1.165) is 24.3 Å². The predicted octanol–water partition coefficient (Wildman–Crippen LogP) is 2.15. The van der Waals surface area contributed by atoms with Gasteiger partial charge in [-0.15, -0.1) is 0 Å². The number of hydrazone groups is 1. The smallest absolute Gasteiger partial charge is 0.259 e. The molecule has 2 N–H and O–H groups in total. The number of methoxy groups -OCH3 is 1. The van der Waals surface area contributed by atoms with E-state index in [-0.39, 0.29) is 13.3 Å². The number of nitrogens with one attached hydrogen (secondary N) is 2. The molecule has 2 aromatic rings. The Morgan fingerprint density at radius 2 is 1.90 bits per heavy atom. The molecule has 0 fully saturated rings. The number of carbonyl (C=O) groups is 2. The molecule has 0 unspecified atom stereocenters. The van der Waals surface area contributed by atoms with Crippen LogP contribution in [0.15, 0.2) is 41.5 Å². The summed E-state index contributed by atoms with van der Waals surface area (Å²) in [5.74, 6) is 0.889. The Bertz CT molecular complexity index is 972. The Kier molecular flexibility index (Phi) is 7.31. The minimum Gasteiger partial charge on any atom is -0.496 e. The van der Waals surface area contributed by atoms with E-state index < -0.39 is 11.8 Å². The summed E-state index contributed by atoms with van der Waals surface area (Å²) in [6.07, 6.45) is 1.50. The van der Waals surface area contributed by atoms with Gasteiger partial charge in [-0.1, -0.05) is 0 Å². The predicted molar refractivity (Wildman–Crippen MR) is 117 cm³/mol. The monoisotopic (exact) mass is 426 g/mol. The van der Waals surface area contributed by atoms with Crippen molar-refractivity contribution in [1.82, 2.24) is 10.7 Å². The number of anilines is 1. The first-order valence-corrected chi connectivity index (χ1v) is 9.98. The van der Waals surface area contributed by atoms with Crippen LogP contribution in [0.25, 0.3) is 0 Å². The number of hydrogen-bond donors (Lipinski definition) is 2. The first-order chi connectivity index (χ1) is 15.0. The van der Waals surface area contributed by atoms with Gasteiger partial charge < -0.3 is 24.4 Å². The molecule has 0 spiro atoms. The summed E-state index contributed by atoms with van der Waals surface area (Å²) >= 11 is 0. The van der Waals surface area contributed by atoms with Crippen LogP contribution in [-0.2, 0) is 4.79 Å². The number of nitrogens with zero attached hydrogens (tertiary/aromatic N) is 2. The Labute approximate surface area is 181 Å². The fourth-order valence-electron chi connectivity index (χ4n) is 3.11. The molecular weight excluding hydrogens is 400 g/mol. The molecule has 1 aliphatic rings. The molecule has 31 heavy (non-hydrogen) atoms. The van der Waals surface area contributed by atoms with Gasteiger partial charge in [0.05, 0.1) is 19.9 Å². The highest BCUT2D eigenvalue weighted by Gasteiger charge is 2.16. The van der Waals surface area contributed by atoms with Crippen LogP contribution in [-0.4, -0.2) is 51.6 Å². The second-order valence-corrected chi connectivity index (χ2v) is 6.64. The van der Waals surface area contributed by atoms with E-state index in [0.29, 0.717) is 22.8 Å². The van der Waals surface area contributed by atoms with Crippen LogP contribution in [0.5, 0.6) is 17.2 Å². The van der Waals surface area contributed by atoms with Crippen LogP contribution in [0.3, 0.4) is 0 Å². The van der Waals surface area contributed by atoms with Crippen molar-refractivity contribution < 1.29 is 23.8 Å². The third kappa shape index (κ3) is 5.44. The molecule has 3 rings (SSSR count). The molecule has 9 nitrogen and oxygen atoms in total. The van der Waals surface area contributed by atoms with Crippen molar-refractivity contribution in [3.8, 4) is 17.2 Å². The van der Waals surface area contributed by atoms with Crippen LogP contribution in [0.4, 0.5) is 5.69 Å². The summed E-state index contributed by atoms with van der Waals surface area (Å²) in [6.45, 7) is 5.87. The topological polar surface area (TPSA) is 101 Å². The van der Waals surface area contributed by atoms with Gasteiger partial charge in [0, 0.05) is 36.0 Å². The van der Waals surface area contributed by atoms with E-state index >= 15 is 0 Å². The summed E-state index contributed by atoms with van der Waals surface area (Å²) in [5, 5.41) is 6.50. The molecule has 1 aliphatic heterocycles. The summed E-state index contributed by atoms with van der Waals surface area (Å²) in [4.78, 5) is 26.4. The summed E-state index contributed by atoms with van der Waals surface area (Å²) < 4.78 is 15.9. The highest BCUT2D eigenvalue weighted by Crippen LogP contribution is 2.32. The summed E-state index contributed by atoms with van der Waals surface area (Å²) in [6, 6.07) is 10.6. The minimum atomic E-state index is -0.455. The van der Waals surface area contributed by atoms with Gasteiger partial charge in [-0.2, -0.15) is 5.10 Å². The van der Waals surface area contributed by atoms with Gasteiger partial charge in [0.15, 0.2) is 11.5 Å². The fourth-order valence-corrected chi connectivity index (χ4v) is 3.11. The maximum Gasteiger partial charge on any atom is 0.259 e. The fraction of sp³-hybridized carbons (Fsp3) is 0.318. The van der Waals surface area contributed by atoms with E-state index in [4.69, 9.17) is 14.2 Å². The zero-order valence-corrected chi connectivity index (χ0v) is 17.8. The van der Waals surface area contributed by atoms with Crippen molar-refractivity contribution in [1.29, 1.82) is 0 Å². The maximum absolute atomic E-state index is 12.2. The number of fused-ring (bicyclic) bond motifs is 1. The van der Waals surface area contributed by atoms with Crippen molar-refractivity contribution in [2.24, 2.45) is 5.10 Å². The van der Waals surface area contributed by atoms with Crippen molar-refractivity contribution in [2.75, 3.05) is 38.4 Å². The molecule has 2 aromatic carbocycles. The average molecular weight is 426 g/mol. The molecule has 1 heterocycles. The quantitative estimate of drug-likeness (QED) is 0.471. The lowest BCUT2D eigenvalue weighted by Crippen LogP contribution is -2.34. The van der Waals surface area contributed by atoms with E-state index in [1.54, 1.807) is 25.3 Å². The Morgan fingerprint density at radius 1 is 1.13 bits per heavy atom. The van der Waals surface area contributed by atoms with Gasteiger partial charge in [-0.05, 0) is 44.2 Å². The standard InChI is InChI=1S/C22H26N4O5/c1-4-26(5-2)17-8-6-16(19(11-17)29-3)12-24-25-21(27)13-23-22(28)15-7-9-18-20(10-15)31-14-30-18/h6-12H,4-5,13-14H2,1-3H3,(H,23,28)(H,25,27)/b24-12+. The molecule has 0 aliphatic carbocycles. The highest BCUT2D eigenvalue weighted by atomic mass is 16.7. The van der Waals surface area contributed by atoms with Crippen LogP contribution in [0.2, 0.25) is 0 Å². The second kappa shape index (κ2) is 10.3. The lowest BCUT2D eigenvalue weighted by molar-refractivity contribution is -0.120. The van der Waals surface area contributed by atoms with E-state index in [2.05, 4.69) is 34.6 Å². The van der Waals surface area contributed by atoms with E-state index in [1.165, 1.54) is 6.21 Å². The van der Waals surface area contributed by atoms with Gasteiger partial charge in [0.25, 0.3) is 11.8 Å². The zero-order chi connectivity index (χ0) is 22.2.